The molecule has 0 aliphatic rings. The molecule has 0 unspecified atom stereocenters. The lowest BCUT2D eigenvalue weighted by Crippen LogP contribution is -2.18. The summed E-state index contributed by atoms with van der Waals surface area (Å²) in [4.78, 5) is 24.3. The van der Waals surface area contributed by atoms with Crippen LogP contribution in [-0.2, 0) is 0 Å². The van der Waals surface area contributed by atoms with Crippen LogP contribution in [0.15, 0.2) is 75.3 Å². The molecule has 3 rings (SSSR count). The summed E-state index contributed by atoms with van der Waals surface area (Å²) in [6.07, 6.45) is 2.97. The third kappa shape index (κ3) is 7.06. The summed E-state index contributed by atoms with van der Waals surface area (Å²) in [5.41, 5.74) is 6.27. The Hall–Kier alpha value is -4.40. The zero-order valence-corrected chi connectivity index (χ0v) is 18.3. The summed E-state index contributed by atoms with van der Waals surface area (Å²) in [7, 11) is 0. The molecule has 2 amide bonds. The smallest absolute Gasteiger partial charge is 0.307 e. The lowest BCUT2D eigenvalue weighted by molar-refractivity contribution is 0.0902. The number of hydrazone groups is 2. The van der Waals surface area contributed by atoms with Gasteiger partial charge < -0.3 is 13.9 Å². The summed E-state index contributed by atoms with van der Waals surface area (Å²) >= 11 is 0. The van der Waals surface area contributed by atoms with Crippen LogP contribution in [0.1, 0.15) is 46.1 Å². The highest BCUT2D eigenvalue weighted by Crippen LogP contribution is 2.12. The van der Waals surface area contributed by atoms with Crippen molar-refractivity contribution in [3.8, 4) is 11.5 Å². The van der Waals surface area contributed by atoms with Gasteiger partial charge in [0.2, 0.25) is 0 Å². The van der Waals surface area contributed by atoms with Gasteiger partial charge in [0.25, 0.3) is 0 Å². The van der Waals surface area contributed by atoms with E-state index in [0.717, 1.165) is 22.6 Å². The minimum Gasteiger partial charge on any atom is -0.494 e. The van der Waals surface area contributed by atoms with Gasteiger partial charge in [-0.25, -0.2) is 10.9 Å². The Bertz CT molecular complexity index is 1030. The quantitative estimate of drug-likeness (QED) is 0.363. The van der Waals surface area contributed by atoms with E-state index < -0.39 is 11.8 Å². The van der Waals surface area contributed by atoms with E-state index in [4.69, 9.17) is 13.9 Å². The van der Waals surface area contributed by atoms with Gasteiger partial charge in [-0.2, -0.15) is 10.2 Å². The molecule has 0 saturated carbocycles. The fraction of sp³-hybridized carbons (Fsp3) is 0.167. The third-order valence-corrected chi connectivity index (χ3v) is 4.20. The van der Waals surface area contributed by atoms with Crippen LogP contribution in [0.2, 0.25) is 0 Å². The Kier molecular flexibility index (Phi) is 8.35. The Morgan fingerprint density at radius 1 is 0.727 bits per heavy atom. The number of benzene rings is 2. The molecule has 0 atom stereocenters. The monoisotopic (exact) mass is 448 g/mol. The van der Waals surface area contributed by atoms with E-state index in [9.17, 15) is 9.59 Å². The third-order valence-electron chi connectivity index (χ3n) is 4.20. The first kappa shape index (κ1) is 23.3. The summed E-state index contributed by atoms with van der Waals surface area (Å²) in [6, 6.07) is 17.2. The van der Waals surface area contributed by atoms with Gasteiger partial charge in [-0.1, -0.05) is 0 Å². The largest absolute Gasteiger partial charge is 0.494 e. The number of amides is 2. The van der Waals surface area contributed by atoms with Crippen LogP contribution in [0, 0.1) is 0 Å². The van der Waals surface area contributed by atoms with Gasteiger partial charge in [-0.15, -0.1) is 0 Å². The standard InChI is InChI=1S/C24H24N4O5/c1-3-31-19-9-5-17(6-10-19)15-25-27-23(29)21-13-14-22(33-21)24(30)28-26-16-18-7-11-20(12-8-18)32-4-2/h5-16H,3-4H2,1-2H3,(H,27,29)(H,28,30). The van der Waals surface area contributed by atoms with Crippen molar-refractivity contribution in [1.82, 2.24) is 10.9 Å². The number of nitrogens with zero attached hydrogens (tertiary/aromatic N) is 2. The Balaban J connectivity index is 1.49. The predicted molar refractivity (Wildman–Crippen MR) is 124 cm³/mol. The molecule has 1 aromatic heterocycles. The molecule has 9 heteroatoms. The predicted octanol–water partition coefficient (Wildman–Crippen LogP) is 3.60. The average molecular weight is 448 g/mol. The second-order valence-corrected chi connectivity index (χ2v) is 6.57. The molecule has 9 nitrogen and oxygen atoms in total. The molecule has 2 N–H and O–H groups in total. The minimum absolute atomic E-state index is 0.0560. The van der Waals surface area contributed by atoms with Crippen molar-refractivity contribution in [3.05, 3.63) is 83.3 Å². The molecule has 0 aliphatic heterocycles. The van der Waals surface area contributed by atoms with Crippen LogP contribution in [-0.4, -0.2) is 37.5 Å². The maximum absolute atomic E-state index is 12.2. The normalized spacial score (nSPS) is 11.0. The summed E-state index contributed by atoms with van der Waals surface area (Å²) in [5.74, 6) is 0.218. The molecule has 0 saturated heterocycles. The molecule has 0 fully saturated rings. The molecular formula is C24H24N4O5. The fourth-order valence-electron chi connectivity index (χ4n) is 2.66. The fourth-order valence-corrected chi connectivity index (χ4v) is 2.66. The SMILES string of the molecule is CCOc1ccc(C=NNC(=O)c2ccc(C(=O)NN=Cc3ccc(OCC)cc3)o2)cc1. The first-order chi connectivity index (χ1) is 16.1. The Morgan fingerprint density at radius 2 is 1.12 bits per heavy atom. The van der Waals surface area contributed by atoms with E-state index in [1.165, 1.54) is 24.6 Å². The van der Waals surface area contributed by atoms with Crippen molar-refractivity contribution in [3.63, 3.8) is 0 Å². The lowest BCUT2D eigenvalue weighted by atomic mass is 10.2. The molecule has 1 heterocycles. The van der Waals surface area contributed by atoms with Gasteiger partial charge in [-0.3, -0.25) is 9.59 Å². The lowest BCUT2D eigenvalue weighted by Gasteiger charge is -2.02. The first-order valence-electron chi connectivity index (χ1n) is 10.3. The number of hydrogen-bond donors (Lipinski definition) is 2. The van der Waals surface area contributed by atoms with Crippen molar-refractivity contribution >= 4 is 24.2 Å². The highest BCUT2D eigenvalue weighted by Gasteiger charge is 2.15. The van der Waals surface area contributed by atoms with Crippen LogP contribution in [0.3, 0.4) is 0 Å². The molecule has 3 aromatic rings. The van der Waals surface area contributed by atoms with Crippen LogP contribution < -0.4 is 20.3 Å². The highest BCUT2D eigenvalue weighted by molar-refractivity contribution is 5.96. The van der Waals surface area contributed by atoms with E-state index in [1.807, 2.05) is 62.4 Å². The molecule has 0 bridgehead atoms. The number of nitrogens with one attached hydrogen (secondary N) is 2. The average Bonchev–Trinajstić information content (AvgIpc) is 3.32. The van der Waals surface area contributed by atoms with Crippen molar-refractivity contribution in [2.75, 3.05) is 13.2 Å². The highest BCUT2D eigenvalue weighted by atomic mass is 16.5. The molecule has 33 heavy (non-hydrogen) atoms. The number of furan rings is 1. The van der Waals surface area contributed by atoms with E-state index in [-0.39, 0.29) is 11.5 Å². The second-order valence-electron chi connectivity index (χ2n) is 6.57. The molecule has 0 aliphatic carbocycles. The first-order valence-corrected chi connectivity index (χ1v) is 10.3. The topological polar surface area (TPSA) is 115 Å². The number of hydrogen-bond acceptors (Lipinski definition) is 7. The molecule has 0 spiro atoms. The minimum atomic E-state index is -0.589. The molecule has 170 valence electrons. The van der Waals surface area contributed by atoms with Gasteiger partial charge >= 0.3 is 11.8 Å². The van der Waals surface area contributed by atoms with E-state index in [2.05, 4.69) is 21.1 Å². The Labute approximate surface area is 191 Å². The zero-order chi connectivity index (χ0) is 23.5. The number of ether oxygens (including phenoxy) is 2. The molecular weight excluding hydrogens is 424 g/mol. The van der Waals surface area contributed by atoms with Crippen molar-refractivity contribution in [1.29, 1.82) is 0 Å². The second kappa shape index (κ2) is 11.8. The summed E-state index contributed by atoms with van der Waals surface area (Å²) < 4.78 is 16.0. The maximum Gasteiger partial charge on any atom is 0.307 e. The van der Waals surface area contributed by atoms with Gasteiger partial charge in [0, 0.05) is 0 Å². The summed E-state index contributed by atoms with van der Waals surface area (Å²) in [6.45, 7) is 4.99. The number of rotatable bonds is 10. The van der Waals surface area contributed by atoms with Crippen LogP contribution in [0.5, 0.6) is 11.5 Å². The van der Waals surface area contributed by atoms with Crippen molar-refractivity contribution in [2.24, 2.45) is 10.2 Å². The maximum atomic E-state index is 12.2. The van der Waals surface area contributed by atoms with Crippen LogP contribution >= 0.6 is 0 Å². The van der Waals surface area contributed by atoms with Gasteiger partial charge in [-0.05, 0) is 85.6 Å². The number of carbonyl (C=O) groups excluding carboxylic acids is 2. The molecule has 2 aromatic carbocycles. The zero-order valence-electron chi connectivity index (χ0n) is 18.3. The van der Waals surface area contributed by atoms with Gasteiger partial charge in [0.05, 0.1) is 25.6 Å². The Morgan fingerprint density at radius 3 is 1.48 bits per heavy atom. The van der Waals surface area contributed by atoms with Crippen molar-refractivity contribution in [2.45, 2.75) is 13.8 Å². The van der Waals surface area contributed by atoms with Gasteiger partial charge in [0.15, 0.2) is 11.5 Å². The van der Waals surface area contributed by atoms with E-state index >= 15 is 0 Å². The van der Waals surface area contributed by atoms with E-state index in [0.29, 0.717) is 13.2 Å². The van der Waals surface area contributed by atoms with Crippen LogP contribution in [0.25, 0.3) is 0 Å². The number of carbonyl (C=O) groups is 2. The molecule has 0 radical (unpaired) electrons. The summed E-state index contributed by atoms with van der Waals surface area (Å²) in [5, 5.41) is 7.78. The van der Waals surface area contributed by atoms with Gasteiger partial charge in [0.1, 0.15) is 11.5 Å². The van der Waals surface area contributed by atoms with Crippen molar-refractivity contribution < 1.29 is 23.5 Å². The van der Waals surface area contributed by atoms with E-state index in [1.54, 1.807) is 0 Å². The van der Waals surface area contributed by atoms with Crippen LogP contribution in [0.4, 0.5) is 0 Å².